The fraction of sp³-hybridized carbons (Fsp3) is 0.828. The first kappa shape index (κ1) is 37.7. The zero-order chi connectivity index (χ0) is 30.9. The molecule has 41 heavy (non-hydrogen) atoms. The summed E-state index contributed by atoms with van der Waals surface area (Å²) in [5.74, 6) is 0.819. The SMILES string of the molecule is CCN1CN(C)CN(C)C1=O.CN1CN(C)C(=O)N(CC(=O)C2CCCCC2)C1.CSC(=O)C1CCCCC1.[3H][Cu+].[CH3-]. The summed E-state index contributed by atoms with van der Waals surface area (Å²) in [6, 6.07) is 0.0999. The summed E-state index contributed by atoms with van der Waals surface area (Å²) >= 11 is 4.83. The molecule has 0 radical (unpaired) electrons. The van der Waals surface area contributed by atoms with Crippen molar-refractivity contribution in [3.8, 4) is 0 Å². The Bertz CT molecular complexity index is 817. The maximum atomic E-state index is 12.2. The minimum Gasteiger partial charge on any atom is -0.358 e. The predicted octanol–water partition coefficient (Wildman–Crippen LogP) is 4.21. The normalized spacial score (nSPS) is 21.3. The van der Waals surface area contributed by atoms with E-state index in [4.69, 9.17) is 0.954 Å². The van der Waals surface area contributed by atoms with Gasteiger partial charge >= 0.3 is 30.0 Å². The Morgan fingerprint density at radius 1 is 0.756 bits per heavy atom. The molecule has 4 aliphatic rings. The molecule has 0 atom stereocenters. The Morgan fingerprint density at radius 2 is 1.17 bits per heavy atom. The minimum absolute atomic E-state index is 0. The van der Waals surface area contributed by atoms with E-state index in [1.54, 1.807) is 21.7 Å². The molecule has 0 aromatic rings. The average molecular weight is 650 g/mol. The van der Waals surface area contributed by atoms with Crippen molar-refractivity contribution in [1.82, 2.24) is 29.4 Å². The first-order valence-corrected chi connectivity index (χ1v) is 15.8. The fourth-order valence-electron chi connectivity index (χ4n) is 5.72. The second-order valence-electron chi connectivity index (χ2n) is 11.5. The molecule has 4 rings (SSSR count). The van der Waals surface area contributed by atoms with Gasteiger partial charge in [0.05, 0.1) is 33.2 Å². The standard InChI is InChI=1S/C13H23N3O2.C8H14OS.C7H15N3O.CH3.Cu.H/c1-14-9-15(2)13(18)16(10-14)8-12(17)11-6-4-3-5-7-11;1-10-8(9)7-5-3-2-4-6-7;1-4-10-6-8(2)5-9(3)7(10)11;;;/h11H,3-10H2,1-2H3;7H,2-6H2,1H3;4-6H2,1-3H3;1H3;;/q;;;-1;+1;/i;;;;;1+2. The first-order chi connectivity index (χ1) is 19.6. The molecule has 4 fully saturated rings. The van der Waals surface area contributed by atoms with Crippen molar-refractivity contribution >= 4 is 34.7 Å². The summed E-state index contributed by atoms with van der Waals surface area (Å²) in [5.41, 5.74) is 0. The zero-order valence-electron chi connectivity index (χ0n) is 27.5. The number of urea groups is 2. The van der Waals surface area contributed by atoms with Gasteiger partial charge in [0, 0.05) is 32.5 Å². The summed E-state index contributed by atoms with van der Waals surface area (Å²) in [6.45, 7) is 5.72. The van der Waals surface area contributed by atoms with Crippen molar-refractivity contribution in [2.45, 2.75) is 71.1 Å². The summed E-state index contributed by atoms with van der Waals surface area (Å²) < 4.78 is 5.31. The van der Waals surface area contributed by atoms with Gasteiger partial charge in [-0.2, -0.15) is 0 Å². The molecule has 10 nitrogen and oxygen atoms in total. The van der Waals surface area contributed by atoms with Gasteiger partial charge in [-0.15, -0.1) is 0 Å². The average Bonchev–Trinajstić information content (AvgIpc) is 2.99. The molecule has 0 N–H and O–H groups in total. The smallest absolute Gasteiger partial charge is 0.358 e. The summed E-state index contributed by atoms with van der Waals surface area (Å²) in [5, 5.41) is 0.403. The van der Waals surface area contributed by atoms with E-state index in [0.29, 0.717) is 24.4 Å². The van der Waals surface area contributed by atoms with Crippen LogP contribution in [0.25, 0.3) is 0 Å². The van der Waals surface area contributed by atoms with Crippen LogP contribution >= 0.6 is 11.8 Å². The van der Waals surface area contributed by atoms with Crippen LogP contribution in [0.15, 0.2) is 0 Å². The third-order valence-corrected chi connectivity index (χ3v) is 8.59. The van der Waals surface area contributed by atoms with Gasteiger partial charge in [-0.05, 0) is 53.0 Å². The van der Waals surface area contributed by atoms with Crippen molar-refractivity contribution in [3.05, 3.63) is 7.43 Å². The third kappa shape index (κ3) is 13.2. The van der Waals surface area contributed by atoms with Crippen LogP contribution in [-0.2, 0) is 26.5 Å². The second-order valence-corrected chi connectivity index (χ2v) is 12.3. The van der Waals surface area contributed by atoms with Gasteiger partial charge in [-0.25, -0.2) is 9.59 Å². The molecule has 0 bridgehead atoms. The number of amides is 4. The Morgan fingerprint density at radius 3 is 1.61 bits per heavy atom. The number of nitrogens with zero attached hydrogens (tertiary/aromatic N) is 6. The molecule has 0 spiro atoms. The molecule has 0 aromatic carbocycles. The van der Waals surface area contributed by atoms with E-state index in [1.807, 2.05) is 44.1 Å². The van der Waals surface area contributed by atoms with E-state index in [0.717, 1.165) is 58.4 Å². The van der Waals surface area contributed by atoms with Gasteiger partial charge in [-0.1, -0.05) is 50.3 Å². The van der Waals surface area contributed by atoms with E-state index < -0.39 is 0 Å². The maximum Gasteiger partial charge on any atom is -0.358 e. The van der Waals surface area contributed by atoms with E-state index in [2.05, 4.69) is 21.8 Å². The molecule has 2 saturated heterocycles. The Balaban J connectivity index is 0.000000608. The van der Waals surface area contributed by atoms with Crippen LogP contribution in [0.2, 0.25) is 0 Å². The predicted molar refractivity (Wildman–Crippen MR) is 165 cm³/mol. The van der Waals surface area contributed by atoms with Crippen LogP contribution in [-0.4, -0.2) is 128 Å². The monoisotopic (exact) mass is 649 g/mol. The van der Waals surface area contributed by atoms with Gasteiger partial charge in [0.25, 0.3) is 0 Å². The number of carbonyl (C=O) groups is 4. The van der Waals surface area contributed by atoms with Crippen LogP contribution in [0.3, 0.4) is 0 Å². The van der Waals surface area contributed by atoms with Crippen LogP contribution in [0.4, 0.5) is 9.59 Å². The van der Waals surface area contributed by atoms with E-state index in [1.165, 1.54) is 37.4 Å². The maximum absolute atomic E-state index is 12.2. The van der Waals surface area contributed by atoms with Crippen LogP contribution in [0.1, 0.15) is 71.1 Å². The van der Waals surface area contributed by atoms with E-state index in [-0.39, 0.29) is 37.7 Å². The van der Waals surface area contributed by atoms with Crippen LogP contribution < -0.4 is 0 Å². The molecule has 2 aliphatic heterocycles. The van der Waals surface area contributed by atoms with Gasteiger partial charge < -0.3 is 27.0 Å². The van der Waals surface area contributed by atoms with Crippen molar-refractivity contribution in [3.63, 3.8) is 0 Å². The van der Waals surface area contributed by atoms with Gasteiger partial charge in [0.1, 0.15) is 0 Å². The van der Waals surface area contributed by atoms with Gasteiger partial charge in [-0.3, -0.25) is 19.4 Å². The van der Waals surface area contributed by atoms with Crippen molar-refractivity contribution in [2.75, 3.05) is 74.2 Å². The van der Waals surface area contributed by atoms with Crippen molar-refractivity contribution in [2.24, 2.45) is 11.8 Å². The minimum atomic E-state index is -0.0303. The molecule has 2 saturated carbocycles. The van der Waals surface area contributed by atoms with Crippen LogP contribution in [0, 0.1) is 19.3 Å². The number of Topliss-reactive ketones (excluding diaryl/α,β-unsaturated/α-hetero) is 1. The number of carbonyl (C=O) groups excluding carboxylic acids is 4. The Hall–Kier alpha value is -1.33. The zero-order valence-corrected chi connectivity index (χ0v) is 28.3. The number of hydrogen-bond donors (Lipinski definition) is 0. The Labute approximate surface area is 265 Å². The quantitative estimate of drug-likeness (QED) is 0.326. The topological polar surface area (TPSA) is 87.7 Å². The van der Waals surface area contributed by atoms with Crippen molar-refractivity contribution < 1.29 is 36.1 Å². The summed E-state index contributed by atoms with van der Waals surface area (Å²) in [4.78, 5) is 57.6. The molecule has 243 valence electrons. The molecule has 4 amide bonds. The van der Waals surface area contributed by atoms with E-state index in [9.17, 15) is 19.2 Å². The molecule has 2 aliphatic carbocycles. The number of thioether (sulfide) groups is 1. The summed E-state index contributed by atoms with van der Waals surface area (Å²) in [7, 11) is 7.56. The molecule has 0 unspecified atom stereocenters. The van der Waals surface area contributed by atoms with Crippen LogP contribution in [0.5, 0.6) is 0 Å². The summed E-state index contributed by atoms with van der Waals surface area (Å²) in [6.07, 6.45) is 13.6. The first-order valence-electron chi connectivity index (χ1n) is 14.8. The molecule has 2 heterocycles. The molecular weight excluding hydrogens is 592 g/mol. The van der Waals surface area contributed by atoms with Gasteiger partial charge in [0.2, 0.25) is 0 Å². The fourth-order valence-corrected chi connectivity index (χ4v) is 6.29. The number of hydrogen-bond acceptors (Lipinski definition) is 7. The van der Waals surface area contributed by atoms with Gasteiger partial charge in [0.15, 0.2) is 10.9 Å². The van der Waals surface area contributed by atoms with Crippen molar-refractivity contribution in [1.29, 1.82) is 0.954 Å². The molecular formula is C29H56CuN6O4S. The third-order valence-electron chi connectivity index (χ3n) is 7.85. The molecule has 0 aromatic heterocycles. The molecule has 12 heteroatoms. The number of rotatable bonds is 5. The Kier molecular flexibility index (Phi) is 18.9. The van der Waals surface area contributed by atoms with E-state index >= 15 is 0 Å². The largest absolute Gasteiger partial charge is 0.358 e. The number of ketones is 1. The second kappa shape index (κ2) is 20.6.